The van der Waals surface area contributed by atoms with Gasteiger partial charge in [-0.25, -0.2) is 19.0 Å². The Balaban J connectivity index is 1.86. The highest BCUT2D eigenvalue weighted by molar-refractivity contribution is 5.87. The number of aromatic nitrogens is 1. The lowest BCUT2D eigenvalue weighted by Gasteiger charge is -2.34. The maximum Gasteiger partial charge on any atom is 0.410 e. The van der Waals surface area contributed by atoms with E-state index in [4.69, 9.17) is 14.2 Å². The number of carbonyl (C=O) groups is 2. The second-order valence-corrected chi connectivity index (χ2v) is 7.44. The van der Waals surface area contributed by atoms with Gasteiger partial charge < -0.3 is 24.4 Å². The molecule has 0 radical (unpaired) electrons. The minimum absolute atomic E-state index is 0.0327. The molecular weight excluding hydrogens is 369 g/mol. The SMILES string of the molecule is CCOC(=O)c1ccc(F)c(COCC2CN(C(=O)OC(C)(C)C)CCN2)n1. The third-order valence-electron chi connectivity index (χ3n) is 3.87. The lowest BCUT2D eigenvalue weighted by atomic mass is 10.2. The van der Waals surface area contributed by atoms with Crippen LogP contribution in [0.2, 0.25) is 0 Å². The Hall–Kier alpha value is -2.26. The summed E-state index contributed by atoms with van der Waals surface area (Å²) in [6, 6.07) is 2.33. The van der Waals surface area contributed by atoms with Crippen molar-refractivity contribution in [1.82, 2.24) is 15.2 Å². The fraction of sp³-hybridized carbons (Fsp3) is 0.632. The molecule has 1 atom stereocenters. The highest BCUT2D eigenvalue weighted by atomic mass is 19.1. The quantitative estimate of drug-likeness (QED) is 0.736. The first kappa shape index (κ1) is 22.0. The average Bonchev–Trinajstić information content (AvgIpc) is 2.62. The number of ether oxygens (including phenoxy) is 3. The number of hydrogen-bond acceptors (Lipinski definition) is 7. The molecule has 1 aromatic heterocycles. The maximum atomic E-state index is 13.9. The van der Waals surface area contributed by atoms with Gasteiger partial charge in [0.05, 0.1) is 19.8 Å². The van der Waals surface area contributed by atoms with E-state index in [1.807, 2.05) is 20.8 Å². The molecule has 1 aliphatic heterocycles. The number of nitrogens with one attached hydrogen (secondary N) is 1. The number of amides is 1. The molecule has 2 heterocycles. The number of hydrogen-bond donors (Lipinski definition) is 1. The zero-order valence-electron chi connectivity index (χ0n) is 16.8. The summed E-state index contributed by atoms with van der Waals surface area (Å²) >= 11 is 0. The lowest BCUT2D eigenvalue weighted by molar-refractivity contribution is 0.0124. The van der Waals surface area contributed by atoms with Crippen LogP contribution < -0.4 is 5.32 Å². The molecule has 0 spiro atoms. The minimum atomic E-state index is -0.606. The van der Waals surface area contributed by atoms with Gasteiger partial charge in [-0.3, -0.25) is 0 Å². The summed E-state index contributed by atoms with van der Waals surface area (Å²) in [5.41, 5.74) is -0.486. The van der Waals surface area contributed by atoms with Crippen molar-refractivity contribution in [3.8, 4) is 0 Å². The molecule has 0 bridgehead atoms. The molecule has 1 fully saturated rings. The number of carbonyl (C=O) groups excluding carboxylic acids is 2. The Morgan fingerprint density at radius 2 is 2.11 bits per heavy atom. The van der Waals surface area contributed by atoms with E-state index in [9.17, 15) is 14.0 Å². The van der Waals surface area contributed by atoms with Crippen LogP contribution in [0.4, 0.5) is 9.18 Å². The van der Waals surface area contributed by atoms with Gasteiger partial charge in [-0.05, 0) is 39.8 Å². The lowest BCUT2D eigenvalue weighted by Crippen LogP contribution is -2.55. The van der Waals surface area contributed by atoms with Crippen molar-refractivity contribution in [3.05, 3.63) is 29.3 Å². The molecule has 2 rings (SSSR count). The first-order valence-corrected chi connectivity index (χ1v) is 9.31. The maximum absolute atomic E-state index is 13.9. The molecule has 9 heteroatoms. The van der Waals surface area contributed by atoms with Gasteiger partial charge in [0.2, 0.25) is 0 Å². The van der Waals surface area contributed by atoms with E-state index in [1.165, 1.54) is 12.1 Å². The molecule has 1 saturated heterocycles. The summed E-state index contributed by atoms with van der Waals surface area (Å²) in [6.45, 7) is 9.09. The normalized spacial score (nSPS) is 17.3. The van der Waals surface area contributed by atoms with Gasteiger partial charge >= 0.3 is 12.1 Å². The smallest absolute Gasteiger partial charge is 0.410 e. The molecule has 0 aromatic carbocycles. The van der Waals surface area contributed by atoms with E-state index in [-0.39, 0.29) is 43.3 Å². The third-order valence-corrected chi connectivity index (χ3v) is 3.87. The monoisotopic (exact) mass is 397 g/mol. The standard InChI is InChI=1S/C19H28FN3O5/c1-5-27-17(24)15-7-6-14(20)16(22-15)12-26-11-13-10-23(9-8-21-13)18(25)28-19(2,3)4/h6-7,13,21H,5,8-12H2,1-4H3. The zero-order valence-corrected chi connectivity index (χ0v) is 16.8. The van der Waals surface area contributed by atoms with Crippen LogP contribution in [-0.2, 0) is 20.8 Å². The van der Waals surface area contributed by atoms with E-state index < -0.39 is 17.4 Å². The summed E-state index contributed by atoms with van der Waals surface area (Å²) in [6.07, 6.45) is -0.367. The van der Waals surface area contributed by atoms with Crippen LogP contribution in [0, 0.1) is 5.82 Å². The molecule has 1 aromatic rings. The zero-order chi connectivity index (χ0) is 20.7. The second-order valence-electron chi connectivity index (χ2n) is 7.44. The van der Waals surface area contributed by atoms with Crippen LogP contribution in [0.1, 0.15) is 43.9 Å². The van der Waals surface area contributed by atoms with Crippen LogP contribution in [0.3, 0.4) is 0 Å². The summed E-state index contributed by atoms with van der Waals surface area (Å²) in [5.74, 6) is -1.16. The number of rotatable bonds is 6. The van der Waals surface area contributed by atoms with Gasteiger partial charge in [0.1, 0.15) is 22.8 Å². The number of piperazine rings is 1. The van der Waals surface area contributed by atoms with Crippen LogP contribution in [0.15, 0.2) is 12.1 Å². The molecule has 1 amide bonds. The van der Waals surface area contributed by atoms with Crippen molar-refractivity contribution in [2.24, 2.45) is 0 Å². The summed E-state index contributed by atoms with van der Waals surface area (Å²) in [7, 11) is 0. The van der Waals surface area contributed by atoms with Crippen LogP contribution in [0.5, 0.6) is 0 Å². The highest BCUT2D eigenvalue weighted by Crippen LogP contribution is 2.12. The van der Waals surface area contributed by atoms with E-state index in [0.29, 0.717) is 19.6 Å². The van der Waals surface area contributed by atoms with Gasteiger partial charge in [0.25, 0.3) is 0 Å². The number of halogens is 1. The van der Waals surface area contributed by atoms with Gasteiger partial charge in [-0.1, -0.05) is 0 Å². The molecule has 1 aliphatic rings. The van der Waals surface area contributed by atoms with Gasteiger partial charge in [-0.2, -0.15) is 0 Å². The molecule has 1 N–H and O–H groups in total. The number of pyridine rings is 1. The van der Waals surface area contributed by atoms with Crippen molar-refractivity contribution in [3.63, 3.8) is 0 Å². The Labute approximate surface area is 164 Å². The Bertz CT molecular complexity index is 693. The largest absolute Gasteiger partial charge is 0.461 e. The Morgan fingerprint density at radius 1 is 1.36 bits per heavy atom. The second kappa shape index (κ2) is 9.79. The van der Waals surface area contributed by atoms with Crippen molar-refractivity contribution in [2.75, 3.05) is 32.8 Å². The molecule has 156 valence electrons. The van der Waals surface area contributed by atoms with Crippen LogP contribution >= 0.6 is 0 Å². The van der Waals surface area contributed by atoms with E-state index in [2.05, 4.69) is 10.3 Å². The Kier molecular flexibility index (Phi) is 7.70. The highest BCUT2D eigenvalue weighted by Gasteiger charge is 2.27. The predicted octanol–water partition coefficient (Wildman–Crippen LogP) is 2.12. The summed E-state index contributed by atoms with van der Waals surface area (Å²) in [5, 5.41) is 3.25. The average molecular weight is 397 g/mol. The number of esters is 1. The predicted molar refractivity (Wildman–Crippen MR) is 99.4 cm³/mol. The van der Waals surface area contributed by atoms with E-state index in [0.717, 1.165) is 0 Å². The van der Waals surface area contributed by atoms with Crippen LogP contribution in [-0.4, -0.2) is 66.4 Å². The van der Waals surface area contributed by atoms with E-state index in [1.54, 1.807) is 11.8 Å². The number of nitrogens with zero attached hydrogens (tertiary/aromatic N) is 2. The molecule has 8 nitrogen and oxygen atoms in total. The molecule has 0 aliphatic carbocycles. The Morgan fingerprint density at radius 3 is 2.79 bits per heavy atom. The van der Waals surface area contributed by atoms with Gasteiger partial charge in [-0.15, -0.1) is 0 Å². The molecule has 28 heavy (non-hydrogen) atoms. The first-order valence-electron chi connectivity index (χ1n) is 9.31. The van der Waals surface area contributed by atoms with Gasteiger partial charge in [0, 0.05) is 25.7 Å². The fourth-order valence-corrected chi connectivity index (χ4v) is 2.63. The van der Waals surface area contributed by atoms with Crippen molar-refractivity contribution in [1.29, 1.82) is 0 Å². The van der Waals surface area contributed by atoms with Gasteiger partial charge in [0.15, 0.2) is 0 Å². The van der Waals surface area contributed by atoms with Crippen molar-refractivity contribution in [2.45, 2.75) is 45.9 Å². The summed E-state index contributed by atoms with van der Waals surface area (Å²) in [4.78, 5) is 29.5. The fourth-order valence-electron chi connectivity index (χ4n) is 2.63. The molecular formula is C19H28FN3O5. The molecule has 0 saturated carbocycles. The molecule has 1 unspecified atom stereocenters. The summed E-state index contributed by atoms with van der Waals surface area (Å²) < 4.78 is 29.8. The topological polar surface area (TPSA) is 90.0 Å². The van der Waals surface area contributed by atoms with E-state index >= 15 is 0 Å². The van der Waals surface area contributed by atoms with Crippen molar-refractivity contribution >= 4 is 12.1 Å². The van der Waals surface area contributed by atoms with Crippen LogP contribution in [0.25, 0.3) is 0 Å². The minimum Gasteiger partial charge on any atom is -0.461 e. The third kappa shape index (κ3) is 6.72. The first-order chi connectivity index (χ1) is 13.2. The van der Waals surface area contributed by atoms with Crippen molar-refractivity contribution < 1.29 is 28.2 Å².